The number of benzene rings is 1. The van der Waals surface area contributed by atoms with Crippen LogP contribution in [-0.4, -0.2) is 24.3 Å². The summed E-state index contributed by atoms with van der Waals surface area (Å²) in [4.78, 5) is 13.5. The van der Waals surface area contributed by atoms with Gasteiger partial charge in [-0.25, -0.2) is 0 Å². The largest absolute Gasteiger partial charge is 0.489 e. The van der Waals surface area contributed by atoms with E-state index in [0.717, 1.165) is 11.4 Å². The summed E-state index contributed by atoms with van der Waals surface area (Å²) >= 11 is 4.34. The number of ether oxygens (including phenoxy) is 1. The minimum Gasteiger partial charge on any atom is -0.489 e. The van der Waals surface area contributed by atoms with Crippen molar-refractivity contribution in [3.05, 3.63) is 36.9 Å². The monoisotopic (exact) mass is 249 g/mol. The molecule has 1 heterocycles. The lowest BCUT2D eigenvalue weighted by Crippen LogP contribution is -2.24. The highest BCUT2D eigenvalue weighted by atomic mass is 32.1. The van der Waals surface area contributed by atoms with E-state index in [9.17, 15) is 4.79 Å². The zero-order valence-electron chi connectivity index (χ0n) is 9.50. The number of thiol groups is 1. The number of rotatable bonds is 4. The molecule has 0 bridgehead atoms. The summed E-state index contributed by atoms with van der Waals surface area (Å²) in [5, 5.41) is 0.125. The zero-order valence-corrected chi connectivity index (χ0v) is 10.4. The first kappa shape index (κ1) is 12.0. The van der Waals surface area contributed by atoms with Crippen molar-refractivity contribution >= 4 is 24.2 Å². The minimum absolute atomic E-state index is 0.117. The molecule has 0 aromatic heterocycles. The van der Waals surface area contributed by atoms with Crippen LogP contribution in [0.5, 0.6) is 5.75 Å². The number of carbonyl (C=O) groups excluding carboxylic acids is 1. The Balaban J connectivity index is 2.15. The summed E-state index contributed by atoms with van der Waals surface area (Å²) in [6, 6.07) is 7.52. The van der Waals surface area contributed by atoms with E-state index in [1.54, 1.807) is 11.0 Å². The number of hydrogen-bond donors (Lipinski definition) is 1. The first-order valence-corrected chi connectivity index (χ1v) is 6.04. The van der Waals surface area contributed by atoms with Crippen molar-refractivity contribution in [2.45, 2.75) is 11.7 Å². The fraction of sp³-hybridized carbons (Fsp3) is 0.308. The molecule has 0 aliphatic carbocycles. The molecule has 0 N–H and O–H groups in total. The third-order valence-corrected chi connectivity index (χ3v) is 2.95. The van der Waals surface area contributed by atoms with Gasteiger partial charge in [-0.15, -0.1) is 0 Å². The van der Waals surface area contributed by atoms with Crippen molar-refractivity contribution in [1.82, 2.24) is 0 Å². The van der Waals surface area contributed by atoms with Crippen LogP contribution in [-0.2, 0) is 4.79 Å². The Labute approximate surface area is 106 Å². The Kier molecular flexibility index (Phi) is 3.74. The molecule has 1 aromatic carbocycles. The standard InChI is InChI=1S/C13H15NO2S/c1-2-6-16-11-5-3-4-10(7-11)14-9-12(17)8-13(14)15/h2-5,7,12,17H,1,6,8-9H2. The van der Waals surface area contributed by atoms with E-state index in [2.05, 4.69) is 19.2 Å². The van der Waals surface area contributed by atoms with Gasteiger partial charge in [0.1, 0.15) is 12.4 Å². The Hall–Kier alpha value is -1.42. The van der Waals surface area contributed by atoms with Crippen LogP contribution in [0, 0.1) is 0 Å². The van der Waals surface area contributed by atoms with Gasteiger partial charge in [0.2, 0.25) is 5.91 Å². The summed E-state index contributed by atoms with van der Waals surface area (Å²) in [5.74, 6) is 0.865. The highest BCUT2D eigenvalue weighted by Crippen LogP contribution is 2.27. The third kappa shape index (κ3) is 2.82. The average molecular weight is 249 g/mol. The van der Waals surface area contributed by atoms with E-state index >= 15 is 0 Å². The third-order valence-electron chi connectivity index (χ3n) is 2.60. The van der Waals surface area contributed by atoms with Crippen LogP contribution in [0.4, 0.5) is 5.69 Å². The molecule has 1 atom stereocenters. The average Bonchev–Trinajstić information content (AvgIpc) is 2.66. The molecule has 1 aliphatic rings. The molecule has 90 valence electrons. The van der Waals surface area contributed by atoms with Crippen LogP contribution in [0.2, 0.25) is 0 Å². The SMILES string of the molecule is C=CCOc1cccc(N2CC(S)CC2=O)c1. The predicted molar refractivity (Wildman–Crippen MR) is 71.9 cm³/mol. The van der Waals surface area contributed by atoms with Crippen molar-refractivity contribution in [3.8, 4) is 5.75 Å². The molecule has 1 saturated heterocycles. The van der Waals surface area contributed by atoms with Gasteiger partial charge >= 0.3 is 0 Å². The first-order chi connectivity index (χ1) is 8.20. The number of hydrogen-bond acceptors (Lipinski definition) is 3. The van der Waals surface area contributed by atoms with Gasteiger partial charge in [-0.1, -0.05) is 18.7 Å². The molecule has 1 fully saturated rings. The van der Waals surface area contributed by atoms with Gasteiger partial charge in [0, 0.05) is 30.0 Å². The van der Waals surface area contributed by atoms with Crippen LogP contribution in [0.1, 0.15) is 6.42 Å². The number of carbonyl (C=O) groups is 1. The van der Waals surface area contributed by atoms with Gasteiger partial charge in [0.05, 0.1) is 0 Å². The maximum Gasteiger partial charge on any atom is 0.228 e. The molecule has 3 nitrogen and oxygen atoms in total. The van der Waals surface area contributed by atoms with Gasteiger partial charge < -0.3 is 9.64 Å². The number of nitrogens with zero attached hydrogens (tertiary/aromatic N) is 1. The molecule has 1 aromatic rings. The molecular weight excluding hydrogens is 234 g/mol. The smallest absolute Gasteiger partial charge is 0.228 e. The van der Waals surface area contributed by atoms with E-state index in [0.29, 0.717) is 19.6 Å². The lowest BCUT2D eigenvalue weighted by molar-refractivity contribution is -0.117. The lowest BCUT2D eigenvalue weighted by Gasteiger charge is -2.16. The lowest BCUT2D eigenvalue weighted by atomic mass is 10.3. The zero-order chi connectivity index (χ0) is 12.3. The summed E-state index contributed by atoms with van der Waals surface area (Å²) in [6.07, 6.45) is 2.19. The van der Waals surface area contributed by atoms with E-state index in [1.165, 1.54) is 0 Å². The number of anilines is 1. The Morgan fingerprint density at radius 1 is 1.59 bits per heavy atom. The van der Waals surface area contributed by atoms with Gasteiger partial charge in [0.25, 0.3) is 0 Å². The summed E-state index contributed by atoms with van der Waals surface area (Å²) in [7, 11) is 0. The fourth-order valence-corrected chi connectivity index (χ4v) is 2.15. The quantitative estimate of drug-likeness (QED) is 0.655. The van der Waals surface area contributed by atoms with Gasteiger partial charge in [0.15, 0.2) is 0 Å². The molecular formula is C13H15NO2S. The summed E-state index contributed by atoms with van der Waals surface area (Å²) in [5.41, 5.74) is 0.869. The second-order valence-electron chi connectivity index (χ2n) is 3.96. The highest BCUT2D eigenvalue weighted by molar-refractivity contribution is 7.81. The van der Waals surface area contributed by atoms with Crippen LogP contribution in [0.25, 0.3) is 0 Å². The summed E-state index contributed by atoms with van der Waals surface area (Å²) in [6.45, 7) is 4.72. The highest BCUT2D eigenvalue weighted by Gasteiger charge is 2.28. The Morgan fingerprint density at radius 3 is 3.06 bits per heavy atom. The molecule has 4 heteroatoms. The normalized spacial score (nSPS) is 19.5. The van der Waals surface area contributed by atoms with Crippen LogP contribution in [0.15, 0.2) is 36.9 Å². The summed E-state index contributed by atoms with van der Waals surface area (Å²) < 4.78 is 5.44. The van der Waals surface area contributed by atoms with E-state index in [1.807, 2.05) is 24.3 Å². The molecule has 1 amide bonds. The van der Waals surface area contributed by atoms with Crippen LogP contribution in [0.3, 0.4) is 0 Å². The molecule has 17 heavy (non-hydrogen) atoms. The first-order valence-electron chi connectivity index (χ1n) is 5.53. The van der Waals surface area contributed by atoms with Crippen LogP contribution < -0.4 is 9.64 Å². The predicted octanol–water partition coefficient (Wildman–Crippen LogP) is 2.29. The molecule has 0 spiro atoms. The molecule has 2 rings (SSSR count). The maximum atomic E-state index is 11.7. The van der Waals surface area contributed by atoms with E-state index in [-0.39, 0.29) is 11.2 Å². The topological polar surface area (TPSA) is 29.5 Å². The van der Waals surface area contributed by atoms with Gasteiger partial charge in [-0.2, -0.15) is 12.6 Å². The van der Waals surface area contributed by atoms with Crippen molar-refractivity contribution in [2.75, 3.05) is 18.1 Å². The van der Waals surface area contributed by atoms with Crippen molar-refractivity contribution in [1.29, 1.82) is 0 Å². The Bertz CT molecular complexity index is 433. The maximum absolute atomic E-state index is 11.7. The van der Waals surface area contributed by atoms with E-state index in [4.69, 9.17) is 4.74 Å². The van der Waals surface area contributed by atoms with E-state index < -0.39 is 0 Å². The minimum atomic E-state index is 0.117. The number of amides is 1. The van der Waals surface area contributed by atoms with Crippen molar-refractivity contribution < 1.29 is 9.53 Å². The Morgan fingerprint density at radius 2 is 2.41 bits per heavy atom. The van der Waals surface area contributed by atoms with Gasteiger partial charge in [-0.05, 0) is 12.1 Å². The fourth-order valence-electron chi connectivity index (χ4n) is 1.83. The molecule has 1 aliphatic heterocycles. The van der Waals surface area contributed by atoms with Crippen molar-refractivity contribution in [2.24, 2.45) is 0 Å². The molecule has 0 radical (unpaired) electrons. The second-order valence-corrected chi connectivity index (χ2v) is 4.69. The molecule has 1 unspecified atom stereocenters. The second kappa shape index (κ2) is 5.27. The van der Waals surface area contributed by atoms with Crippen molar-refractivity contribution in [3.63, 3.8) is 0 Å². The van der Waals surface area contributed by atoms with Gasteiger partial charge in [-0.3, -0.25) is 4.79 Å². The molecule has 0 saturated carbocycles. The van der Waals surface area contributed by atoms with Crippen LogP contribution >= 0.6 is 12.6 Å².